The van der Waals surface area contributed by atoms with Gasteiger partial charge in [0.2, 0.25) is 0 Å². The molecule has 1 atom stereocenters. The highest BCUT2D eigenvalue weighted by Gasteiger charge is 2.32. The highest BCUT2D eigenvalue weighted by Crippen LogP contribution is 2.43. The summed E-state index contributed by atoms with van der Waals surface area (Å²) in [4.78, 5) is 13.6. The summed E-state index contributed by atoms with van der Waals surface area (Å²) in [6, 6.07) is 9.90. The molecule has 1 N–H and O–H groups in total. The van der Waals surface area contributed by atoms with E-state index in [0.29, 0.717) is 22.2 Å². The van der Waals surface area contributed by atoms with Crippen molar-refractivity contribution in [3.8, 4) is 11.8 Å². The summed E-state index contributed by atoms with van der Waals surface area (Å²) in [7, 11) is 0. The number of fused-ring (bicyclic) bond motifs is 1. The molecule has 1 amide bonds. The number of hydrogen-bond acceptors (Lipinski definition) is 4. The van der Waals surface area contributed by atoms with Gasteiger partial charge >= 0.3 is 0 Å². The maximum atomic E-state index is 12.3. The first kappa shape index (κ1) is 19.4. The van der Waals surface area contributed by atoms with E-state index in [4.69, 9.17) is 4.74 Å². The van der Waals surface area contributed by atoms with Crippen molar-refractivity contribution in [3.05, 3.63) is 45.8 Å². The topological polar surface area (TPSA) is 62.1 Å². The highest BCUT2D eigenvalue weighted by molar-refractivity contribution is 7.16. The SMILES string of the molecule is Cc1cccc(OCC(=O)Nc2sc3c(c2C#N)CCC(C(C)(C)C)C3)c1. The first-order valence-electron chi connectivity index (χ1n) is 9.32. The molecular weight excluding hydrogens is 356 g/mol. The number of thiophene rings is 1. The maximum Gasteiger partial charge on any atom is 0.262 e. The number of carbonyl (C=O) groups is 1. The molecule has 1 aliphatic rings. The molecule has 5 heteroatoms. The standard InChI is InChI=1S/C22H26N2O2S/c1-14-6-5-7-16(10-14)26-13-20(25)24-21-18(12-23)17-9-8-15(22(2,3)4)11-19(17)27-21/h5-7,10,15H,8-9,11,13H2,1-4H3,(H,24,25). The lowest BCUT2D eigenvalue weighted by molar-refractivity contribution is -0.118. The molecule has 2 aromatic rings. The van der Waals surface area contributed by atoms with Crippen molar-refractivity contribution >= 4 is 22.2 Å². The van der Waals surface area contributed by atoms with E-state index >= 15 is 0 Å². The summed E-state index contributed by atoms with van der Waals surface area (Å²) in [6.07, 6.45) is 2.98. The van der Waals surface area contributed by atoms with Gasteiger partial charge in [0.25, 0.3) is 5.91 Å². The van der Waals surface area contributed by atoms with Gasteiger partial charge < -0.3 is 10.1 Å². The number of nitrogens with one attached hydrogen (secondary N) is 1. The van der Waals surface area contributed by atoms with Gasteiger partial charge in [0.05, 0.1) is 5.56 Å². The molecule has 0 saturated heterocycles. The summed E-state index contributed by atoms with van der Waals surface area (Å²) < 4.78 is 5.57. The van der Waals surface area contributed by atoms with E-state index in [1.165, 1.54) is 4.88 Å². The second-order valence-corrected chi connectivity index (χ2v) is 9.38. The Labute approximate surface area is 165 Å². The Kier molecular flexibility index (Phi) is 5.57. The van der Waals surface area contributed by atoms with Crippen LogP contribution in [0, 0.1) is 29.6 Å². The minimum atomic E-state index is -0.237. The molecule has 4 nitrogen and oxygen atoms in total. The number of hydrogen-bond donors (Lipinski definition) is 1. The summed E-state index contributed by atoms with van der Waals surface area (Å²) in [5.74, 6) is 1.03. The van der Waals surface area contributed by atoms with Gasteiger partial charge in [0.1, 0.15) is 16.8 Å². The Morgan fingerprint density at radius 3 is 2.85 bits per heavy atom. The molecule has 0 bridgehead atoms. The summed E-state index contributed by atoms with van der Waals surface area (Å²) in [5, 5.41) is 13.2. The van der Waals surface area contributed by atoms with E-state index in [-0.39, 0.29) is 17.9 Å². The first-order valence-corrected chi connectivity index (χ1v) is 10.1. The van der Waals surface area contributed by atoms with Crippen LogP contribution in [0.2, 0.25) is 0 Å². The molecule has 27 heavy (non-hydrogen) atoms. The number of rotatable bonds is 4. The van der Waals surface area contributed by atoms with Gasteiger partial charge in [-0.05, 0) is 60.8 Å². The van der Waals surface area contributed by atoms with Gasteiger partial charge in [-0.1, -0.05) is 32.9 Å². The van der Waals surface area contributed by atoms with Gasteiger partial charge in [0.15, 0.2) is 6.61 Å². The lowest BCUT2D eigenvalue weighted by Gasteiger charge is -2.33. The molecule has 1 aliphatic carbocycles. The number of ether oxygens (including phenoxy) is 1. The molecule has 0 spiro atoms. The Hall–Kier alpha value is -2.32. The van der Waals surface area contributed by atoms with Gasteiger partial charge in [-0.15, -0.1) is 11.3 Å². The van der Waals surface area contributed by atoms with Crippen LogP contribution < -0.4 is 10.1 Å². The third-order valence-corrected chi connectivity index (χ3v) is 6.38. The van der Waals surface area contributed by atoms with E-state index in [9.17, 15) is 10.1 Å². The van der Waals surface area contributed by atoms with Crippen LogP contribution in [-0.4, -0.2) is 12.5 Å². The van der Waals surface area contributed by atoms with Crippen LogP contribution >= 0.6 is 11.3 Å². The van der Waals surface area contributed by atoms with Crippen molar-refractivity contribution in [1.29, 1.82) is 5.26 Å². The molecule has 3 rings (SSSR count). The van der Waals surface area contributed by atoms with Crippen LogP contribution in [0.15, 0.2) is 24.3 Å². The molecule has 0 fully saturated rings. The fraction of sp³-hybridized carbons (Fsp3) is 0.455. The van der Waals surface area contributed by atoms with Crippen molar-refractivity contribution in [2.75, 3.05) is 11.9 Å². The van der Waals surface area contributed by atoms with Gasteiger partial charge in [0, 0.05) is 4.88 Å². The predicted octanol–water partition coefficient (Wildman–Crippen LogP) is 5.10. The van der Waals surface area contributed by atoms with Crippen LogP contribution in [0.3, 0.4) is 0 Å². The molecule has 1 aromatic carbocycles. The fourth-order valence-electron chi connectivity index (χ4n) is 3.55. The lowest BCUT2D eigenvalue weighted by Crippen LogP contribution is -2.26. The minimum Gasteiger partial charge on any atom is -0.484 e. The first-order chi connectivity index (χ1) is 12.8. The van der Waals surface area contributed by atoms with Gasteiger partial charge in [-0.25, -0.2) is 0 Å². The normalized spacial score (nSPS) is 16.3. The zero-order chi connectivity index (χ0) is 19.6. The molecule has 1 unspecified atom stereocenters. The number of carbonyl (C=O) groups excluding carboxylic acids is 1. The van der Waals surface area contributed by atoms with E-state index in [1.54, 1.807) is 11.3 Å². The monoisotopic (exact) mass is 382 g/mol. The number of benzene rings is 1. The molecule has 0 radical (unpaired) electrons. The van der Waals surface area contributed by atoms with Crippen LogP contribution in [0.1, 0.15) is 48.8 Å². The van der Waals surface area contributed by atoms with Gasteiger partial charge in [-0.3, -0.25) is 4.79 Å². The van der Waals surface area contributed by atoms with E-state index < -0.39 is 0 Å². The Bertz CT molecular complexity index is 887. The largest absolute Gasteiger partial charge is 0.484 e. The fourth-order valence-corrected chi connectivity index (χ4v) is 4.84. The maximum absolute atomic E-state index is 12.3. The average molecular weight is 383 g/mol. The second kappa shape index (κ2) is 7.74. The molecule has 142 valence electrons. The second-order valence-electron chi connectivity index (χ2n) is 8.28. The molecule has 1 heterocycles. The smallest absolute Gasteiger partial charge is 0.262 e. The van der Waals surface area contributed by atoms with Crippen LogP contribution in [0.25, 0.3) is 0 Å². The number of amides is 1. The zero-order valence-corrected chi connectivity index (χ0v) is 17.2. The van der Waals surface area contributed by atoms with Crippen LogP contribution in [-0.2, 0) is 17.6 Å². The number of nitrogens with zero attached hydrogens (tertiary/aromatic N) is 1. The number of aryl methyl sites for hydroxylation is 1. The number of nitriles is 1. The third-order valence-electron chi connectivity index (χ3n) is 5.21. The van der Waals surface area contributed by atoms with Crippen molar-refractivity contribution in [3.63, 3.8) is 0 Å². The van der Waals surface area contributed by atoms with Crippen molar-refractivity contribution in [2.24, 2.45) is 11.3 Å². The molecule has 0 saturated carbocycles. The zero-order valence-electron chi connectivity index (χ0n) is 16.4. The minimum absolute atomic E-state index is 0.0680. The number of anilines is 1. The van der Waals surface area contributed by atoms with E-state index in [0.717, 1.165) is 30.4 Å². The Morgan fingerprint density at radius 2 is 2.19 bits per heavy atom. The lowest BCUT2D eigenvalue weighted by atomic mass is 9.72. The molecular formula is C22H26N2O2S. The van der Waals surface area contributed by atoms with Crippen LogP contribution in [0.4, 0.5) is 5.00 Å². The van der Waals surface area contributed by atoms with Crippen molar-refractivity contribution in [1.82, 2.24) is 0 Å². The Balaban J connectivity index is 1.69. The highest BCUT2D eigenvalue weighted by atomic mass is 32.1. The van der Waals surface area contributed by atoms with E-state index in [1.807, 2.05) is 31.2 Å². The third kappa shape index (κ3) is 4.51. The van der Waals surface area contributed by atoms with Crippen LogP contribution in [0.5, 0.6) is 5.75 Å². The molecule has 0 aliphatic heterocycles. The van der Waals surface area contributed by atoms with Crippen molar-refractivity contribution in [2.45, 2.75) is 47.0 Å². The summed E-state index contributed by atoms with van der Waals surface area (Å²) in [5.41, 5.74) is 3.09. The van der Waals surface area contributed by atoms with Crippen molar-refractivity contribution < 1.29 is 9.53 Å². The Morgan fingerprint density at radius 1 is 1.41 bits per heavy atom. The summed E-state index contributed by atoms with van der Waals surface area (Å²) in [6.45, 7) is 8.72. The van der Waals surface area contributed by atoms with E-state index in [2.05, 4.69) is 32.2 Å². The quantitative estimate of drug-likeness (QED) is 0.800. The average Bonchev–Trinajstić information content (AvgIpc) is 2.95. The summed E-state index contributed by atoms with van der Waals surface area (Å²) >= 11 is 1.55. The van der Waals surface area contributed by atoms with Gasteiger partial charge in [-0.2, -0.15) is 5.26 Å². The molecule has 1 aromatic heterocycles. The predicted molar refractivity (Wildman–Crippen MR) is 109 cm³/mol.